The Labute approximate surface area is 172 Å². The monoisotopic (exact) mass is 459 g/mol. The summed E-state index contributed by atoms with van der Waals surface area (Å²) in [6, 6.07) is 9.17. The summed E-state index contributed by atoms with van der Waals surface area (Å²) in [5.74, 6) is -1.96. The maximum Gasteiger partial charge on any atom is 0.335 e. The molecular weight excluding hydrogens is 446 g/mol. The van der Waals surface area contributed by atoms with Crippen molar-refractivity contribution in [3.63, 3.8) is 0 Å². The lowest BCUT2D eigenvalue weighted by Crippen LogP contribution is -2.54. The Bertz CT molecular complexity index is 1050. The van der Waals surface area contributed by atoms with Gasteiger partial charge in [0.15, 0.2) is 6.61 Å². The van der Waals surface area contributed by atoms with E-state index < -0.39 is 23.8 Å². The molecule has 0 unspecified atom stereocenters. The van der Waals surface area contributed by atoms with Gasteiger partial charge in [-0.15, -0.1) is 0 Å². The molecule has 1 aliphatic rings. The van der Waals surface area contributed by atoms with Gasteiger partial charge < -0.3 is 15.6 Å². The van der Waals surface area contributed by atoms with Gasteiger partial charge >= 0.3 is 6.03 Å². The largest absolute Gasteiger partial charge is 0.508 e. The lowest BCUT2D eigenvalue weighted by molar-refractivity contribution is -0.123. The molecule has 0 aliphatic carbocycles. The number of nitrogens with one attached hydrogen (secondary N) is 1. The Morgan fingerprint density at radius 2 is 1.86 bits per heavy atom. The molecule has 0 atom stereocenters. The Kier molecular flexibility index (Phi) is 5.64. The van der Waals surface area contributed by atoms with E-state index in [1.54, 1.807) is 12.1 Å². The van der Waals surface area contributed by atoms with Crippen LogP contribution in [0.3, 0.4) is 0 Å². The first kappa shape index (κ1) is 20.1. The van der Waals surface area contributed by atoms with Crippen molar-refractivity contribution in [3.05, 3.63) is 58.1 Å². The molecule has 0 radical (unpaired) electrons. The predicted molar refractivity (Wildman–Crippen MR) is 106 cm³/mol. The molecule has 0 bridgehead atoms. The van der Waals surface area contributed by atoms with Crippen molar-refractivity contribution in [3.8, 4) is 11.5 Å². The second kappa shape index (κ2) is 8.15. The van der Waals surface area contributed by atoms with Gasteiger partial charge in [-0.1, -0.05) is 6.07 Å². The predicted octanol–water partition coefficient (Wildman–Crippen LogP) is 1.69. The van der Waals surface area contributed by atoms with Crippen LogP contribution in [-0.2, 0) is 14.4 Å². The molecule has 1 heterocycles. The number of phenolic OH excluding ortho intramolecular Hbond substituents is 1. The number of carbonyl (C=O) groups is 4. The van der Waals surface area contributed by atoms with Crippen LogP contribution >= 0.6 is 15.9 Å². The van der Waals surface area contributed by atoms with Crippen molar-refractivity contribution in [1.82, 2.24) is 5.32 Å². The maximum atomic E-state index is 12.8. The minimum atomic E-state index is -0.890. The molecule has 5 amide bonds. The Morgan fingerprint density at radius 3 is 2.48 bits per heavy atom. The zero-order chi connectivity index (χ0) is 21.1. The van der Waals surface area contributed by atoms with Crippen LogP contribution in [0.1, 0.15) is 5.56 Å². The van der Waals surface area contributed by atoms with Gasteiger partial charge in [-0.25, -0.2) is 9.69 Å². The molecule has 9 nitrogen and oxygen atoms in total. The highest BCUT2D eigenvalue weighted by atomic mass is 79.9. The highest BCUT2D eigenvalue weighted by Gasteiger charge is 2.36. The zero-order valence-corrected chi connectivity index (χ0v) is 16.3. The number of aromatic hydroxyl groups is 1. The average Bonchev–Trinajstić information content (AvgIpc) is 2.65. The second-order valence-corrected chi connectivity index (χ2v) is 6.77. The van der Waals surface area contributed by atoms with Crippen molar-refractivity contribution in [2.45, 2.75) is 0 Å². The van der Waals surface area contributed by atoms with Crippen LogP contribution in [0, 0.1) is 0 Å². The molecule has 148 valence electrons. The smallest absolute Gasteiger partial charge is 0.335 e. The summed E-state index contributed by atoms with van der Waals surface area (Å²) in [7, 11) is 0. The van der Waals surface area contributed by atoms with E-state index in [-0.39, 0.29) is 23.6 Å². The SMILES string of the molecule is NC(=O)COc1ccc(/C=C2\C(=O)NC(=O)N(c3ccc(O)cc3)C2=O)cc1Br. The van der Waals surface area contributed by atoms with E-state index in [9.17, 15) is 24.3 Å². The number of hydrogen-bond donors (Lipinski definition) is 3. The number of imide groups is 2. The molecule has 2 aromatic carbocycles. The molecule has 2 aromatic rings. The summed E-state index contributed by atoms with van der Waals surface area (Å²) in [5.41, 5.74) is 5.45. The number of nitrogens with two attached hydrogens (primary N) is 1. The number of primary amides is 1. The number of nitrogens with zero attached hydrogens (tertiary/aromatic N) is 1. The third kappa shape index (κ3) is 4.43. The molecule has 0 saturated carbocycles. The molecule has 1 saturated heterocycles. The fraction of sp³-hybridized carbons (Fsp3) is 0.0526. The third-order valence-corrected chi connectivity index (χ3v) is 4.47. The van der Waals surface area contributed by atoms with Gasteiger partial charge in [-0.3, -0.25) is 19.7 Å². The number of urea groups is 1. The molecule has 3 rings (SSSR count). The van der Waals surface area contributed by atoms with Gasteiger partial charge in [-0.05, 0) is 64.0 Å². The Hall–Kier alpha value is -3.66. The van der Waals surface area contributed by atoms with E-state index in [0.29, 0.717) is 15.8 Å². The minimum absolute atomic E-state index is 0.0334. The number of phenols is 1. The standard InChI is InChI=1S/C19H14BrN3O6/c20-14-8-10(1-6-15(14)29-9-16(21)25)7-13-17(26)22-19(28)23(18(13)27)11-2-4-12(24)5-3-11/h1-8,24H,9H2,(H2,21,25)(H,22,26,28)/b13-7+. The maximum absolute atomic E-state index is 12.8. The van der Waals surface area contributed by atoms with Gasteiger partial charge in [0.2, 0.25) is 0 Å². The van der Waals surface area contributed by atoms with Crippen LogP contribution in [0.15, 0.2) is 52.5 Å². The van der Waals surface area contributed by atoms with E-state index in [2.05, 4.69) is 21.2 Å². The number of hydrogen-bond acceptors (Lipinski definition) is 6. The van der Waals surface area contributed by atoms with Crippen LogP contribution in [0.5, 0.6) is 11.5 Å². The van der Waals surface area contributed by atoms with Gasteiger partial charge in [0.05, 0.1) is 10.2 Å². The normalized spacial score (nSPS) is 15.4. The van der Waals surface area contributed by atoms with E-state index in [1.165, 1.54) is 36.4 Å². The number of halogens is 1. The summed E-state index contributed by atoms with van der Waals surface area (Å²) < 4.78 is 5.70. The third-order valence-electron chi connectivity index (χ3n) is 3.85. The van der Waals surface area contributed by atoms with Gasteiger partial charge in [0.1, 0.15) is 17.1 Å². The summed E-state index contributed by atoms with van der Waals surface area (Å²) in [5, 5.41) is 11.5. The molecule has 0 aromatic heterocycles. The molecule has 4 N–H and O–H groups in total. The van der Waals surface area contributed by atoms with Crippen LogP contribution < -0.4 is 20.7 Å². The molecular formula is C19H14BrN3O6. The molecule has 1 aliphatic heterocycles. The molecule has 10 heteroatoms. The second-order valence-electron chi connectivity index (χ2n) is 5.92. The Balaban J connectivity index is 1.91. The van der Waals surface area contributed by atoms with Crippen molar-refractivity contribution in [2.75, 3.05) is 11.5 Å². The summed E-state index contributed by atoms with van der Waals surface area (Å²) in [4.78, 5) is 48.8. The number of benzene rings is 2. The van der Waals surface area contributed by atoms with Gasteiger partial charge in [0, 0.05) is 0 Å². The first-order chi connectivity index (χ1) is 13.8. The van der Waals surface area contributed by atoms with Crippen molar-refractivity contribution >= 4 is 51.4 Å². The van der Waals surface area contributed by atoms with Gasteiger partial charge in [-0.2, -0.15) is 0 Å². The number of rotatable bonds is 5. The topological polar surface area (TPSA) is 139 Å². The highest BCUT2D eigenvalue weighted by Crippen LogP contribution is 2.28. The summed E-state index contributed by atoms with van der Waals surface area (Å²) in [6.45, 7) is -0.302. The van der Waals surface area contributed by atoms with Crippen LogP contribution in [0.25, 0.3) is 6.08 Å². The van der Waals surface area contributed by atoms with Crippen LogP contribution in [0.2, 0.25) is 0 Å². The summed E-state index contributed by atoms with van der Waals surface area (Å²) >= 11 is 3.28. The quantitative estimate of drug-likeness (QED) is 0.459. The van der Waals surface area contributed by atoms with Crippen molar-refractivity contribution < 1.29 is 29.0 Å². The van der Waals surface area contributed by atoms with Crippen LogP contribution in [0.4, 0.5) is 10.5 Å². The highest BCUT2D eigenvalue weighted by molar-refractivity contribution is 9.10. The zero-order valence-electron chi connectivity index (χ0n) is 14.7. The van der Waals surface area contributed by atoms with E-state index in [4.69, 9.17) is 10.5 Å². The van der Waals surface area contributed by atoms with E-state index in [1.807, 2.05) is 0 Å². The number of anilines is 1. The first-order valence-electron chi connectivity index (χ1n) is 8.17. The Morgan fingerprint density at radius 1 is 1.17 bits per heavy atom. The number of ether oxygens (including phenoxy) is 1. The van der Waals surface area contributed by atoms with E-state index >= 15 is 0 Å². The number of barbiturate groups is 1. The van der Waals surface area contributed by atoms with Crippen LogP contribution in [-0.4, -0.2) is 35.5 Å². The van der Waals surface area contributed by atoms with Gasteiger partial charge in [0.25, 0.3) is 17.7 Å². The first-order valence-corrected chi connectivity index (χ1v) is 8.96. The minimum Gasteiger partial charge on any atom is -0.508 e. The van der Waals surface area contributed by atoms with Crippen molar-refractivity contribution in [1.29, 1.82) is 0 Å². The lowest BCUT2D eigenvalue weighted by atomic mass is 10.1. The fourth-order valence-corrected chi connectivity index (χ4v) is 3.04. The summed E-state index contributed by atoms with van der Waals surface area (Å²) in [6.07, 6.45) is 1.32. The van der Waals surface area contributed by atoms with Crippen molar-refractivity contribution in [2.24, 2.45) is 5.73 Å². The molecule has 1 fully saturated rings. The number of amides is 5. The lowest BCUT2D eigenvalue weighted by Gasteiger charge is -2.26. The molecule has 29 heavy (non-hydrogen) atoms. The fourth-order valence-electron chi connectivity index (χ4n) is 2.53. The molecule has 0 spiro atoms. The number of carbonyl (C=O) groups excluding carboxylic acids is 4. The average molecular weight is 460 g/mol. The van der Waals surface area contributed by atoms with E-state index in [0.717, 1.165) is 4.90 Å².